The monoisotopic (exact) mass is 323 g/mol. The van der Waals surface area contributed by atoms with Gasteiger partial charge in [0.1, 0.15) is 6.54 Å². The van der Waals surface area contributed by atoms with Crippen molar-refractivity contribution >= 4 is 5.97 Å². The minimum atomic E-state index is -0.261. The van der Waals surface area contributed by atoms with Crippen molar-refractivity contribution in [1.29, 1.82) is 0 Å². The number of ether oxygens (including phenoxy) is 1. The van der Waals surface area contributed by atoms with Crippen molar-refractivity contribution in [2.75, 3.05) is 6.61 Å². The molecule has 1 rings (SSSR count). The van der Waals surface area contributed by atoms with Gasteiger partial charge in [-0.3, -0.25) is 4.79 Å². The van der Waals surface area contributed by atoms with E-state index in [9.17, 15) is 4.79 Å². The molecule has 0 aliphatic carbocycles. The number of hydrogen-bond donors (Lipinski definition) is 0. The summed E-state index contributed by atoms with van der Waals surface area (Å²) in [6.45, 7) is 4.61. The first-order valence-corrected chi connectivity index (χ1v) is 9.30. The second-order valence-corrected chi connectivity index (χ2v) is 6.14. The average molecular weight is 323 g/mol. The van der Waals surface area contributed by atoms with E-state index < -0.39 is 0 Å². The summed E-state index contributed by atoms with van der Waals surface area (Å²) < 4.78 is 6.45. The second kappa shape index (κ2) is 13.1. The minimum Gasteiger partial charge on any atom is -0.465 e. The fourth-order valence-corrected chi connectivity index (χ4v) is 2.66. The van der Waals surface area contributed by atoms with E-state index in [1.54, 1.807) is 11.6 Å². The van der Waals surface area contributed by atoms with Crippen LogP contribution in [0.3, 0.4) is 0 Å². The summed E-state index contributed by atoms with van der Waals surface area (Å²) in [5.74, 6) is -0.261. The Labute approximate surface area is 140 Å². The van der Waals surface area contributed by atoms with Crippen LogP contribution in [0.15, 0.2) is 6.20 Å². The van der Waals surface area contributed by atoms with E-state index in [0.717, 1.165) is 18.5 Å². The van der Waals surface area contributed by atoms with Crippen molar-refractivity contribution in [1.82, 2.24) is 15.0 Å². The standard InChI is InChI=1S/C18H33N3O2/c1-3-5-6-7-8-9-10-11-12-13-14-17-15-21(20-19-17)16-18(22)23-4-2/h15H,3-14,16H2,1-2H3. The lowest BCUT2D eigenvalue weighted by molar-refractivity contribution is -0.144. The third-order valence-electron chi connectivity index (χ3n) is 3.97. The SMILES string of the molecule is CCCCCCCCCCCCc1cn(CC(=O)OCC)nn1. The van der Waals surface area contributed by atoms with Crippen LogP contribution in [0.25, 0.3) is 0 Å². The highest BCUT2D eigenvalue weighted by atomic mass is 16.5. The summed E-state index contributed by atoms with van der Waals surface area (Å²) in [4.78, 5) is 11.4. The molecule has 132 valence electrons. The molecule has 0 spiro atoms. The Hall–Kier alpha value is -1.39. The smallest absolute Gasteiger partial charge is 0.327 e. The molecule has 1 aromatic heterocycles. The molecule has 0 amide bonds. The molecule has 0 atom stereocenters. The van der Waals surface area contributed by atoms with Crippen LogP contribution in [0.4, 0.5) is 0 Å². The summed E-state index contributed by atoms with van der Waals surface area (Å²) >= 11 is 0. The maximum atomic E-state index is 11.4. The Morgan fingerprint density at radius 3 is 2.22 bits per heavy atom. The van der Waals surface area contributed by atoms with E-state index in [1.165, 1.54) is 57.8 Å². The summed E-state index contributed by atoms with van der Waals surface area (Å²) in [5, 5.41) is 8.08. The number of aryl methyl sites for hydroxylation is 1. The normalized spacial score (nSPS) is 10.9. The predicted octanol–water partition coefficient (Wildman–Crippen LogP) is 4.30. The van der Waals surface area contributed by atoms with E-state index in [2.05, 4.69) is 17.2 Å². The topological polar surface area (TPSA) is 57.0 Å². The van der Waals surface area contributed by atoms with Crippen LogP contribution in [0.2, 0.25) is 0 Å². The van der Waals surface area contributed by atoms with Gasteiger partial charge >= 0.3 is 5.97 Å². The van der Waals surface area contributed by atoms with E-state index in [0.29, 0.717) is 6.61 Å². The molecular formula is C18H33N3O2. The number of nitrogens with zero attached hydrogens (tertiary/aromatic N) is 3. The van der Waals surface area contributed by atoms with Crippen molar-refractivity contribution in [3.05, 3.63) is 11.9 Å². The zero-order valence-corrected chi connectivity index (χ0v) is 14.9. The Morgan fingerprint density at radius 2 is 1.61 bits per heavy atom. The molecular weight excluding hydrogens is 290 g/mol. The number of aromatic nitrogens is 3. The molecule has 0 aliphatic heterocycles. The Balaban J connectivity index is 1.99. The van der Waals surface area contributed by atoms with Crippen molar-refractivity contribution in [3.63, 3.8) is 0 Å². The molecule has 1 aromatic rings. The van der Waals surface area contributed by atoms with Gasteiger partial charge < -0.3 is 4.74 Å². The molecule has 0 saturated carbocycles. The van der Waals surface area contributed by atoms with E-state index in [4.69, 9.17) is 4.74 Å². The number of esters is 1. The van der Waals surface area contributed by atoms with Gasteiger partial charge in [0.25, 0.3) is 0 Å². The van der Waals surface area contributed by atoms with E-state index in [-0.39, 0.29) is 12.5 Å². The Bertz CT molecular complexity index is 418. The van der Waals surface area contributed by atoms with Crippen LogP contribution < -0.4 is 0 Å². The molecule has 0 bridgehead atoms. The Kier molecular flexibility index (Phi) is 11.2. The van der Waals surface area contributed by atoms with Crippen molar-refractivity contribution in [2.24, 2.45) is 0 Å². The van der Waals surface area contributed by atoms with Crippen LogP contribution in [-0.2, 0) is 22.5 Å². The van der Waals surface area contributed by atoms with Gasteiger partial charge in [-0.25, -0.2) is 4.68 Å². The third kappa shape index (κ3) is 10.1. The molecule has 0 N–H and O–H groups in total. The molecule has 0 aromatic carbocycles. The molecule has 0 saturated heterocycles. The van der Waals surface area contributed by atoms with Gasteiger partial charge in [0, 0.05) is 6.20 Å². The maximum absolute atomic E-state index is 11.4. The van der Waals surface area contributed by atoms with Gasteiger partial charge in [0.2, 0.25) is 0 Å². The molecule has 0 unspecified atom stereocenters. The molecule has 0 fully saturated rings. The molecule has 5 heteroatoms. The summed E-state index contributed by atoms with van der Waals surface area (Å²) in [5.41, 5.74) is 0.967. The largest absolute Gasteiger partial charge is 0.465 e. The van der Waals surface area contributed by atoms with E-state index in [1.807, 2.05) is 6.20 Å². The second-order valence-electron chi connectivity index (χ2n) is 6.14. The maximum Gasteiger partial charge on any atom is 0.327 e. The number of carbonyl (C=O) groups excluding carboxylic acids is 1. The van der Waals surface area contributed by atoms with Crippen molar-refractivity contribution < 1.29 is 9.53 Å². The van der Waals surface area contributed by atoms with E-state index >= 15 is 0 Å². The van der Waals surface area contributed by atoms with Crippen LogP contribution in [-0.4, -0.2) is 27.6 Å². The molecule has 0 radical (unpaired) electrons. The van der Waals surface area contributed by atoms with Crippen molar-refractivity contribution in [3.8, 4) is 0 Å². The quantitative estimate of drug-likeness (QED) is 0.378. The zero-order chi connectivity index (χ0) is 16.8. The number of carbonyl (C=O) groups is 1. The highest BCUT2D eigenvalue weighted by Crippen LogP contribution is 2.11. The lowest BCUT2D eigenvalue weighted by Crippen LogP contribution is -2.13. The van der Waals surface area contributed by atoms with Gasteiger partial charge in [-0.05, 0) is 19.8 Å². The fraction of sp³-hybridized carbons (Fsp3) is 0.833. The fourth-order valence-electron chi connectivity index (χ4n) is 2.66. The first-order chi connectivity index (χ1) is 11.3. The molecule has 0 aliphatic rings. The van der Waals surface area contributed by atoms with Gasteiger partial charge in [0.15, 0.2) is 0 Å². The summed E-state index contributed by atoms with van der Waals surface area (Å²) in [6, 6.07) is 0. The first-order valence-electron chi connectivity index (χ1n) is 9.30. The van der Waals surface area contributed by atoms with Gasteiger partial charge in [-0.2, -0.15) is 0 Å². The summed E-state index contributed by atoms with van der Waals surface area (Å²) in [7, 11) is 0. The zero-order valence-electron chi connectivity index (χ0n) is 14.9. The van der Waals surface area contributed by atoms with Gasteiger partial charge in [-0.15, -0.1) is 5.10 Å². The average Bonchev–Trinajstić information content (AvgIpc) is 2.96. The van der Waals surface area contributed by atoms with Gasteiger partial charge in [0.05, 0.1) is 12.3 Å². The molecule has 5 nitrogen and oxygen atoms in total. The number of hydrogen-bond acceptors (Lipinski definition) is 4. The number of rotatable bonds is 14. The molecule has 1 heterocycles. The Morgan fingerprint density at radius 1 is 1.00 bits per heavy atom. The van der Waals surface area contributed by atoms with Gasteiger partial charge in [-0.1, -0.05) is 69.9 Å². The van der Waals surface area contributed by atoms with Crippen LogP contribution >= 0.6 is 0 Å². The minimum absolute atomic E-state index is 0.152. The lowest BCUT2D eigenvalue weighted by atomic mass is 10.1. The summed E-state index contributed by atoms with van der Waals surface area (Å²) in [6.07, 6.45) is 16.1. The predicted molar refractivity (Wildman–Crippen MR) is 92.2 cm³/mol. The van der Waals surface area contributed by atoms with Crippen molar-refractivity contribution in [2.45, 2.75) is 91.0 Å². The highest BCUT2D eigenvalue weighted by molar-refractivity contribution is 5.68. The number of unbranched alkanes of at least 4 members (excludes halogenated alkanes) is 9. The third-order valence-corrected chi connectivity index (χ3v) is 3.97. The van der Waals surface area contributed by atoms with Crippen LogP contribution in [0, 0.1) is 0 Å². The lowest BCUT2D eigenvalue weighted by Gasteiger charge is -2.01. The van der Waals surface area contributed by atoms with Crippen LogP contribution in [0.1, 0.15) is 83.7 Å². The molecule has 23 heavy (non-hydrogen) atoms. The first kappa shape index (κ1) is 19.7. The highest BCUT2D eigenvalue weighted by Gasteiger charge is 2.06. The van der Waals surface area contributed by atoms with Crippen LogP contribution in [0.5, 0.6) is 0 Å².